The minimum Gasteiger partial charge on any atom is -0.493 e. The average molecular weight is 298 g/mol. The van der Waals surface area contributed by atoms with Crippen molar-refractivity contribution in [2.45, 2.75) is 6.42 Å². The van der Waals surface area contributed by atoms with Crippen molar-refractivity contribution in [2.75, 3.05) is 27.2 Å². The number of hydrogen-bond donors (Lipinski definition) is 0. The van der Waals surface area contributed by atoms with Gasteiger partial charge in [-0.15, -0.1) is 11.6 Å². The fourth-order valence-corrected chi connectivity index (χ4v) is 2.09. The van der Waals surface area contributed by atoms with Gasteiger partial charge in [0.25, 0.3) is 0 Å². The van der Waals surface area contributed by atoms with Crippen LogP contribution < -0.4 is 14.2 Å². The van der Waals surface area contributed by atoms with E-state index in [1.165, 1.54) is 0 Å². The maximum atomic E-state index is 5.68. The zero-order valence-electron chi connectivity index (χ0n) is 11.6. The second kappa shape index (κ2) is 6.52. The molecule has 0 saturated heterocycles. The number of ether oxygens (including phenoxy) is 3. The third-order valence-corrected chi connectivity index (χ3v) is 3.02. The fraction of sp³-hybridized carbons (Fsp3) is 0.357. The van der Waals surface area contributed by atoms with E-state index in [0.29, 0.717) is 41.2 Å². The van der Waals surface area contributed by atoms with Crippen LogP contribution in [-0.2, 0) is 6.42 Å². The second-order valence-electron chi connectivity index (χ2n) is 3.94. The fourth-order valence-electron chi connectivity index (χ4n) is 1.93. The maximum Gasteiger partial charge on any atom is 0.204 e. The molecule has 5 nitrogen and oxygen atoms in total. The highest BCUT2D eigenvalue weighted by Gasteiger charge is 2.19. The summed E-state index contributed by atoms with van der Waals surface area (Å²) in [5.74, 6) is 3.30. The molecule has 108 valence electrons. The van der Waals surface area contributed by atoms with Gasteiger partial charge in [0.1, 0.15) is 0 Å². The normalized spacial score (nSPS) is 10.4. The first kappa shape index (κ1) is 14.5. The molecule has 2 aromatic rings. The van der Waals surface area contributed by atoms with Crippen LogP contribution in [0, 0.1) is 0 Å². The number of aryl methyl sites for hydroxylation is 1. The van der Waals surface area contributed by atoms with Crippen molar-refractivity contribution in [3.05, 3.63) is 24.2 Å². The summed E-state index contributed by atoms with van der Waals surface area (Å²) in [5.41, 5.74) is 0.749. The van der Waals surface area contributed by atoms with Crippen molar-refractivity contribution in [3.8, 4) is 28.6 Å². The van der Waals surface area contributed by atoms with E-state index in [4.69, 9.17) is 30.2 Å². The standard InChI is InChI=1S/C14H16ClNO4/c1-17-10-5-4-9(13(18-2)14(10)19-3)11-8-16-12(20-11)6-7-15/h4-5,8H,6-7H2,1-3H3. The number of benzene rings is 1. The summed E-state index contributed by atoms with van der Waals surface area (Å²) in [5, 5.41) is 0. The Morgan fingerprint density at radius 3 is 2.45 bits per heavy atom. The third-order valence-electron chi connectivity index (χ3n) is 2.83. The molecule has 0 unspecified atom stereocenters. The molecule has 1 aromatic carbocycles. The van der Waals surface area contributed by atoms with E-state index in [0.717, 1.165) is 5.56 Å². The molecule has 1 heterocycles. The molecule has 0 saturated carbocycles. The smallest absolute Gasteiger partial charge is 0.204 e. The molecular formula is C14H16ClNO4. The Morgan fingerprint density at radius 2 is 1.85 bits per heavy atom. The summed E-state index contributed by atoms with van der Waals surface area (Å²) < 4.78 is 21.7. The van der Waals surface area contributed by atoms with Crippen LogP contribution in [0.2, 0.25) is 0 Å². The lowest BCUT2D eigenvalue weighted by atomic mass is 10.1. The van der Waals surface area contributed by atoms with Gasteiger partial charge in [-0.05, 0) is 12.1 Å². The molecule has 6 heteroatoms. The Bertz CT molecular complexity index is 583. The molecule has 20 heavy (non-hydrogen) atoms. The monoisotopic (exact) mass is 297 g/mol. The zero-order chi connectivity index (χ0) is 14.5. The van der Waals surface area contributed by atoms with E-state index < -0.39 is 0 Å². The third kappa shape index (κ3) is 2.67. The molecule has 1 aromatic heterocycles. The summed E-state index contributed by atoms with van der Waals surface area (Å²) in [6.45, 7) is 0. The topological polar surface area (TPSA) is 53.7 Å². The summed E-state index contributed by atoms with van der Waals surface area (Å²) in [6.07, 6.45) is 2.23. The first-order chi connectivity index (χ1) is 9.74. The first-order valence-corrected chi connectivity index (χ1v) is 6.58. The van der Waals surface area contributed by atoms with E-state index in [1.54, 1.807) is 33.6 Å². The summed E-state index contributed by atoms with van der Waals surface area (Å²) in [7, 11) is 4.70. The van der Waals surface area contributed by atoms with Crippen molar-refractivity contribution in [1.82, 2.24) is 4.98 Å². The van der Waals surface area contributed by atoms with Crippen LogP contribution in [0.4, 0.5) is 0 Å². The van der Waals surface area contributed by atoms with Crippen molar-refractivity contribution in [1.29, 1.82) is 0 Å². The number of aromatic nitrogens is 1. The predicted octanol–water partition coefficient (Wildman–Crippen LogP) is 3.15. The van der Waals surface area contributed by atoms with Gasteiger partial charge >= 0.3 is 0 Å². The minimum absolute atomic E-state index is 0.461. The summed E-state index contributed by atoms with van der Waals surface area (Å²) in [6, 6.07) is 3.63. The van der Waals surface area contributed by atoms with Crippen molar-refractivity contribution in [2.24, 2.45) is 0 Å². The van der Waals surface area contributed by atoms with E-state index in [-0.39, 0.29) is 0 Å². The number of nitrogens with zero attached hydrogens (tertiary/aromatic N) is 1. The van der Waals surface area contributed by atoms with Crippen LogP contribution in [0.25, 0.3) is 11.3 Å². The van der Waals surface area contributed by atoms with Crippen LogP contribution in [-0.4, -0.2) is 32.2 Å². The van der Waals surface area contributed by atoms with Crippen LogP contribution in [0.5, 0.6) is 17.2 Å². The number of alkyl halides is 1. The molecule has 0 atom stereocenters. The van der Waals surface area contributed by atoms with Crippen LogP contribution >= 0.6 is 11.6 Å². The SMILES string of the molecule is COc1ccc(-c2cnc(CCCl)o2)c(OC)c1OC. The molecule has 0 amide bonds. The van der Waals surface area contributed by atoms with Crippen molar-refractivity contribution < 1.29 is 18.6 Å². The molecule has 0 aliphatic heterocycles. The van der Waals surface area contributed by atoms with Crippen LogP contribution in [0.3, 0.4) is 0 Å². The molecule has 0 N–H and O–H groups in total. The number of oxazole rings is 1. The van der Waals surface area contributed by atoms with Crippen LogP contribution in [0.1, 0.15) is 5.89 Å². The predicted molar refractivity (Wildman–Crippen MR) is 76.0 cm³/mol. The number of halogens is 1. The van der Waals surface area contributed by atoms with Gasteiger partial charge < -0.3 is 18.6 Å². The summed E-state index contributed by atoms with van der Waals surface area (Å²) >= 11 is 5.68. The van der Waals surface area contributed by atoms with Gasteiger partial charge in [0.15, 0.2) is 23.1 Å². The van der Waals surface area contributed by atoms with Gasteiger partial charge in [0.05, 0.1) is 33.1 Å². The van der Waals surface area contributed by atoms with Gasteiger partial charge in [-0.2, -0.15) is 0 Å². The average Bonchev–Trinajstić information content (AvgIpc) is 2.94. The second-order valence-corrected chi connectivity index (χ2v) is 4.32. The minimum atomic E-state index is 0.461. The Kier molecular flexibility index (Phi) is 4.74. The van der Waals surface area contributed by atoms with Gasteiger partial charge in [0, 0.05) is 12.3 Å². The molecule has 2 rings (SSSR count). The number of hydrogen-bond acceptors (Lipinski definition) is 5. The Labute approximate surface area is 122 Å². The highest BCUT2D eigenvalue weighted by Crippen LogP contribution is 2.44. The van der Waals surface area contributed by atoms with Crippen LogP contribution in [0.15, 0.2) is 22.7 Å². The summed E-state index contributed by atoms with van der Waals surface area (Å²) in [4.78, 5) is 4.18. The van der Waals surface area contributed by atoms with E-state index in [2.05, 4.69) is 4.98 Å². The van der Waals surface area contributed by atoms with E-state index in [9.17, 15) is 0 Å². The van der Waals surface area contributed by atoms with E-state index in [1.807, 2.05) is 6.07 Å². The highest BCUT2D eigenvalue weighted by atomic mass is 35.5. The lowest BCUT2D eigenvalue weighted by molar-refractivity contribution is 0.324. The highest BCUT2D eigenvalue weighted by molar-refractivity contribution is 6.17. The molecular weight excluding hydrogens is 282 g/mol. The lowest BCUT2D eigenvalue weighted by Gasteiger charge is -2.14. The number of methoxy groups -OCH3 is 3. The Hall–Kier alpha value is -1.88. The quantitative estimate of drug-likeness (QED) is 0.767. The molecule has 0 spiro atoms. The molecule has 0 bridgehead atoms. The van der Waals surface area contributed by atoms with Gasteiger partial charge in [-0.1, -0.05) is 0 Å². The van der Waals surface area contributed by atoms with Gasteiger partial charge in [-0.3, -0.25) is 0 Å². The van der Waals surface area contributed by atoms with Crippen molar-refractivity contribution in [3.63, 3.8) is 0 Å². The van der Waals surface area contributed by atoms with Gasteiger partial charge in [-0.25, -0.2) is 4.98 Å². The van der Waals surface area contributed by atoms with Crippen molar-refractivity contribution >= 4 is 11.6 Å². The number of rotatable bonds is 6. The van der Waals surface area contributed by atoms with E-state index >= 15 is 0 Å². The maximum absolute atomic E-state index is 5.68. The van der Waals surface area contributed by atoms with Gasteiger partial charge in [0.2, 0.25) is 5.75 Å². The molecule has 0 radical (unpaired) electrons. The molecule has 0 aliphatic carbocycles. The largest absolute Gasteiger partial charge is 0.493 e. The first-order valence-electron chi connectivity index (χ1n) is 6.05. The Balaban J connectivity index is 2.49. The molecule has 0 fully saturated rings. The zero-order valence-corrected chi connectivity index (χ0v) is 12.4. The Morgan fingerprint density at radius 1 is 1.10 bits per heavy atom. The lowest BCUT2D eigenvalue weighted by Crippen LogP contribution is -1.96. The molecule has 0 aliphatic rings.